The smallest absolute Gasteiger partial charge is 0.115 e. The second-order valence-electron chi connectivity index (χ2n) is 5.02. The number of phenols is 1. The Bertz CT molecular complexity index is 340. The summed E-state index contributed by atoms with van der Waals surface area (Å²) in [5, 5.41) is 18.8. The molecule has 94 valence electrons. The molecule has 0 spiro atoms. The van der Waals surface area contributed by atoms with Crippen LogP contribution in [-0.4, -0.2) is 34.3 Å². The lowest BCUT2D eigenvalue weighted by molar-refractivity contribution is 0.0695. The number of aromatic hydroxyl groups is 1. The second kappa shape index (κ2) is 5.52. The second-order valence-corrected chi connectivity index (χ2v) is 5.02. The third-order valence-corrected chi connectivity index (χ3v) is 3.66. The van der Waals surface area contributed by atoms with Crippen molar-refractivity contribution in [2.24, 2.45) is 5.92 Å². The molecule has 0 aliphatic carbocycles. The summed E-state index contributed by atoms with van der Waals surface area (Å²) in [6.45, 7) is 4.93. The number of aliphatic hydroxyl groups is 1. The molecule has 0 amide bonds. The fourth-order valence-corrected chi connectivity index (χ4v) is 2.45. The SMILES string of the molecule is CC(O)C1CCN(Cc2ccc(O)cc2)CC1. The number of rotatable bonds is 3. The molecule has 1 aromatic rings. The Morgan fingerprint density at radius 1 is 1.24 bits per heavy atom. The van der Waals surface area contributed by atoms with Gasteiger partial charge in [0.25, 0.3) is 0 Å². The van der Waals surface area contributed by atoms with E-state index in [1.807, 2.05) is 19.1 Å². The Morgan fingerprint density at radius 3 is 2.35 bits per heavy atom. The predicted octanol–water partition coefficient (Wildman–Crippen LogP) is 1.99. The molecule has 17 heavy (non-hydrogen) atoms. The lowest BCUT2D eigenvalue weighted by Gasteiger charge is -2.33. The summed E-state index contributed by atoms with van der Waals surface area (Å²) in [7, 11) is 0. The van der Waals surface area contributed by atoms with E-state index < -0.39 is 0 Å². The van der Waals surface area contributed by atoms with E-state index in [0.717, 1.165) is 32.5 Å². The summed E-state index contributed by atoms with van der Waals surface area (Å²) in [4.78, 5) is 2.41. The van der Waals surface area contributed by atoms with Gasteiger partial charge in [0.15, 0.2) is 0 Å². The molecule has 0 radical (unpaired) electrons. The van der Waals surface area contributed by atoms with Crippen molar-refractivity contribution < 1.29 is 10.2 Å². The maximum Gasteiger partial charge on any atom is 0.115 e. The lowest BCUT2D eigenvalue weighted by atomic mass is 9.92. The van der Waals surface area contributed by atoms with Crippen molar-refractivity contribution in [1.82, 2.24) is 4.90 Å². The van der Waals surface area contributed by atoms with Crippen LogP contribution in [0.3, 0.4) is 0 Å². The molecule has 1 unspecified atom stereocenters. The largest absolute Gasteiger partial charge is 0.508 e. The summed E-state index contributed by atoms with van der Waals surface area (Å²) in [5.41, 5.74) is 1.23. The average molecular weight is 235 g/mol. The molecule has 1 aliphatic heterocycles. The van der Waals surface area contributed by atoms with Gasteiger partial charge in [-0.05, 0) is 56.5 Å². The van der Waals surface area contributed by atoms with Crippen LogP contribution in [0.5, 0.6) is 5.75 Å². The van der Waals surface area contributed by atoms with Crippen molar-refractivity contribution in [3.05, 3.63) is 29.8 Å². The highest BCUT2D eigenvalue weighted by Crippen LogP contribution is 2.22. The maximum atomic E-state index is 9.54. The first-order valence-electron chi connectivity index (χ1n) is 6.33. The summed E-state index contributed by atoms with van der Waals surface area (Å²) < 4.78 is 0. The van der Waals surface area contributed by atoms with Gasteiger partial charge in [0.1, 0.15) is 5.75 Å². The number of nitrogens with zero attached hydrogens (tertiary/aromatic N) is 1. The third-order valence-electron chi connectivity index (χ3n) is 3.66. The molecule has 0 bridgehead atoms. The van der Waals surface area contributed by atoms with Gasteiger partial charge in [0, 0.05) is 6.54 Å². The van der Waals surface area contributed by atoms with Gasteiger partial charge in [-0.3, -0.25) is 4.90 Å². The molecule has 1 fully saturated rings. The first-order valence-corrected chi connectivity index (χ1v) is 6.33. The van der Waals surface area contributed by atoms with Crippen LogP contribution in [0.25, 0.3) is 0 Å². The molecule has 1 saturated heterocycles. The summed E-state index contributed by atoms with van der Waals surface area (Å²) in [6.07, 6.45) is 1.98. The molecule has 0 aromatic heterocycles. The first-order chi connectivity index (χ1) is 8.15. The normalized spacial score (nSPS) is 20.4. The van der Waals surface area contributed by atoms with Gasteiger partial charge in [-0.1, -0.05) is 12.1 Å². The molecule has 1 atom stereocenters. The van der Waals surface area contributed by atoms with E-state index in [2.05, 4.69) is 4.90 Å². The quantitative estimate of drug-likeness (QED) is 0.842. The monoisotopic (exact) mass is 235 g/mol. The van der Waals surface area contributed by atoms with Crippen LogP contribution in [0, 0.1) is 5.92 Å². The maximum absolute atomic E-state index is 9.54. The van der Waals surface area contributed by atoms with Crippen LogP contribution in [0.15, 0.2) is 24.3 Å². The number of likely N-dealkylation sites (tertiary alicyclic amines) is 1. The van der Waals surface area contributed by atoms with Crippen molar-refractivity contribution in [2.75, 3.05) is 13.1 Å². The Morgan fingerprint density at radius 2 is 1.82 bits per heavy atom. The summed E-state index contributed by atoms with van der Waals surface area (Å²) in [5.74, 6) is 0.785. The highest BCUT2D eigenvalue weighted by molar-refractivity contribution is 5.25. The van der Waals surface area contributed by atoms with E-state index in [-0.39, 0.29) is 6.10 Å². The van der Waals surface area contributed by atoms with Gasteiger partial charge in [-0.25, -0.2) is 0 Å². The van der Waals surface area contributed by atoms with E-state index in [9.17, 15) is 10.2 Å². The molecular formula is C14H21NO2. The number of hydrogen-bond acceptors (Lipinski definition) is 3. The molecule has 2 N–H and O–H groups in total. The fourth-order valence-electron chi connectivity index (χ4n) is 2.45. The Balaban J connectivity index is 1.84. The van der Waals surface area contributed by atoms with Crippen LogP contribution in [-0.2, 0) is 6.54 Å². The fraction of sp³-hybridized carbons (Fsp3) is 0.571. The number of phenolic OH excluding ortho intramolecular Hbond substituents is 1. The number of piperidine rings is 1. The van der Waals surface area contributed by atoms with Crippen molar-refractivity contribution >= 4 is 0 Å². The predicted molar refractivity (Wildman–Crippen MR) is 67.8 cm³/mol. The van der Waals surface area contributed by atoms with Crippen LogP contribution in [0.1, 0.15) is 25.3 Å². The van der Waals surface area contributed by atoms with Gasteiger partial charge in [-0.2, -0.15) is 0 Å². The minimum Gasteiger partial charge on any atom is -0.508 e. The van der Waals surface area contributed by atoms with Crippen molar-refractivity contribution in [3.8, 4) is 5.75 Å². The minimum absolute atomic E-state index is 0.175. The summed E-state index contributed by atoms with van der Waals surface area (Å²) >= 11 is 0. The molecular weight excluding hydrogens is 214 g/mol. The third kappa shape index (κ3) is 3.45. The van der Waals surface area contributed by atoms with E-state index in [4.69, 9.17) is 0 Å². The van der Waals surface area contributed by atoms with E-state index >= 15 is 0 Å². The molecule has 1 heterocycles. The number of hydrogen-bond donors (Lipinski definition) is 2. The number of benzene rings is 1. The van der Waals surface area contributed by atoms with Crippen LogP contribution in [0.2, 0.25) is 0 Å². The molecule has 3 nitrogen and oxygen atoms in total. The first kappa shape index (κ1) is 12.4. The minimum atomic E-state index is -0.175. The Hall–Kier alpha value is -1.06. The Labute approximate surface area is 103 Å². The van der Waals surface area contributed by atoms with Gasteiger partial charge >= 0.3 is 0 Å². The topological polar surface area (TPSA) is 43.7 Å². The van der Waals surface area contributed by atoms with Gasteiger partial charge in [0.05, 0.1) is 6.10 Å². The lowest BCUT2D eigenvalue weighted by Crippen LogP contribution is -2.36. The van der Waals surface area contributed by atoms with E-state index in [1.54, 1.807) is 12.1 Å². The molecule has 0 saturated carbocycles. The van der Waals surface area contributed by atoms with Crippen molar-refractivity contribution in [3.63, 3.8) is 0 Å². The van der Waals surface area contributed by atoms with E-state index in [0.29, 0.717) is 11.7 Å². The number of aliphatic hydroxyl groups excluding tert-OH is 1. The highest BCUT2D eigenvalue weighted by Gasteiger charge is 2.22. The average Bonchev–Trinajstić information content (AvgIpc) is 2.33. The molecule has 1 aliphatic rings. The zero-order valence-electron chi connectivity index (χ0n) is 10.3. The van der Waals surface area contributed by atoms with E-state index in [1.165, 1.54) is 5.56 Å². The Kier molecular flexibility index (Phi) is 4.02. The molecule has 3 heteroatoms. The van der Waals surface area contributed by atoms with Crippen LogP contribution < -0.4 is 0 Å². The van der Waals surface area contributed by atoms with Gasteiger partial charge in [-0.15, -0.1) is 0 Å². The van der Waals surface area contributed by atoms with Crippen LogP contribution in [0.4, 0.5) is 0 Å². The van der Waals surface area contributed by atoms with Crippen LogP contribution >= 0.6 is 0 Å². The summed E-state index contributed by atoms with van der Waals surface area (Å²) in [6, 6.07) is 7.40. The molecule has 2 rings (SSSR count). The van der Waals surface area contributed by atoms with Gasteiger partial charge in [0.2, 0.25) is 0 Å². The van der Waals surface area contributed by atoms with Crippen molar-refractivity contribution in [1.29, 1.82) is 0 Å². The molecule has 1 aromatic carbocycles. The highest BCUT2D eigenvalue weighted by atomic mass is 16.3. The zero-order chi connectivity index (χ0) is 12.3. The van der Waals surface area contributed by atoms with Gasteiger partial charge < -0.3 is 10.2 Å². The van der Waals surface area contributed by atoms with Crippen molar-refractivity contribution in [2.45, 2.75) is 32.4 Å². The standard InChI is InChI=1S/C14H21NO2/c1-11(16)13-6-8-15(9-7-13)10-12-2-4-14(17)5-3-12/h2-5,11,13,16-17H,6-10H2,1H3. The zero-order valence-corrected chi connectivity index (χ0v) is 10.3.